The molecule has 0 aromatic carbocycles. The number of hydrogen-bond donors (Lipinski definition) is 0. The minimum atomic E-state index is -1.32. The number of rotatable bonds is 7. The van der Waals surface area contributed by atoms with E-state index in [0.717, 1.165) is 12.8 Å². The lowest BCUT2D eigenvalue weighted by atomic mass is 9.83. The van der Waals surface area contributed by atoms with Crippen molar-refractivity contribution in [2.24, 2.45) is 23.7 Å². The largest absolute Gasteiger partial charge is 0.244 e. The molecular formula is C16H34F2. The van der Waals surface area contributed by atoms with Crippen LogP contribution in [0.25, 0.3) is 0 Å². The molecule has 0 aromatic rings. The van der Waals surface area contributed by atoms with Gasteiger partial charge >= 0.3 is 0 Å². The van der Waals surface area contributed by atoms with Gasteiger partial charge in [-0.3, -0.25) is 0 Å². The summed E-state index contributed by atoms with van der Waals surface area (Å²) in [5.41, 5.74) is 0. The molecule has 18 heavy (non-hydrogen) atoms. The van der Waals surface area contributed by atoms with Crippen LogP contribution in [0.3, 0.4) is 0 Å². The molecule has 2 heteroatoms. The van der Waals surface area contributed by atoms with Crippen molar-refractivity contribution in [3.8, 4) is 0 Å². The number of hydrogen-bond acceptors (Lipinski definition) is 0. The van der Waals surface area contributed by atoms with Gasteiger partial charge in [-0.1, -0.05) is 68.2 Å². The van der Waals surface area contributed by atoms with Gasteiger partial charge in [-0.25, -0.2) is 8.78 Å². The zero-order chi connectivity index (χ0) is 14.9. The second-order valence-corrected chi connectivity index (χ2v) is 5.94. The number of alkyl halides is 2. The van der Waals surface area contributed by atoms with E-state index in [1.165, 1.54) is 0 Å². The molecule has 0 aromatic heterocycles. The maximum atomic E-state index is 13.8. The lowest BCUT2D eigenvalue weighted by molar-refractivity contribution is 0.0602. The Morgan fingerprint density at radius 1 is 0.722 bits per heavy atom. The molecule has 0 amide bonds. The van der Waals surface area contributed by atoms with E-state index in [2.05, 4.69) is 13.8 Å². The van der Waals surface area contributed by atoms with E-state index in [9.17, 15) is 8.78 Å². The average molecular weight is 264 g/mol. The Labute approximate surface area is 114 Å². The van der Waals surface area contributed by atoms with Crippen LogP contribution in [0.1, 0.15) is 68.2 Å². The molecule has 0 aliphatic carbocycles. The highest BCUT2D eigenvalue weighted by molar-refractivity contribution is 4.79. The van der Waals surface area contributed by atoms with Gasteiger partial charge in [0.15, 0.2) is 0 Å². The first-order valence-electron chi connectivity index (χ1n) is 7.55. The normalized spacial score (nSPS) is 18.0. The zero-order valence-electron chi connectivity index (χ0n) is 13.6. The van der Waals surface area contributed by atoms with Crippen molar-refractivity contribution in [1.82, 2.24) is 0 Å². The average Bonchev–Trinajstić information content (AvgIpc) is 2.35. The zero-order valence-corrected chi connectivity index (χ0v) is 13.6. The van der Waals surface area contributed by atoms with Crippen LogP contribution in [0.15, 0.2) is 0 Å². The molecule has 0 aliphatic heterocycles. The highest BCUT2D eigenvalue weighted by Crippen LogP contribution is 2.29. The van der Waals surface area contributed by atoms with E-state index in [-0.39, 0.29) is 17.8 Å². The fourth-order valence-corrected chi connectivity index (χ4v) is 1.83. The lowest BCUT2D eigenvalue weighted by Gasteiger charge is -2.27. The van der Waals surface area contributed by atoms with Crippen molar-refractivity contribution in [2.45, 2.75) is 80.6 Å². The third-order valence-electron chi connectivity index (χ3n) is 3.54. The molecule has 0 radical (unpaired) electrons. The molecule has 0 nitrogen and oxygen atoms in total. The van der Waals surface area contributed by atoms with E-state index < -0.39 is 12.3 Å². The first-order valence-corrected chi connectivity index (χ1v) is 7.55. The molecule has 4 unspecified atom stereocenters. The molecule has 112 valence electrons. The predicted octanol–water partition coefficient (Wildman–Crippen LogP) is 6.05. The molecule has 0 aliphatic rings. The second kappa shape index (κ2) is 10.8. The first-order chi connectivity index (χ1) is 8.27. The molecule has 0 fully saturated rings. The van der Waals surface area contributed by atoms with Crippen LogP contribution in [-0.2, 0) is 0 Å². The van der Waals surface area contributed by atoms with Crippen LogP contribution in [-0.4, -0.2) is 12.3 Å². The molecule has 0 spiro atoms. The van der Waals surface area contributed by atoms with Crippen LogP contribution < -0.4 is 0 Å². The number of halogens is 2. The maximum absolute atomic E-state index is 13.8. The minimum Gasteiger partial charge on any atom is -0.244 e. The predicted molar refractivity (Wildman–Crippen MR) is 78.4 cm³/mol. The van der Waals surface area contributed by atoms with Crippen molar-refractivity contribution in [2.75, 3.05) is 0 Å². The minimum absolute atomic E-state index is 0.184. The Morgan fingerprint density at radius 3 is 1.50 bits per heavy atom. The van der Waals surface area contributed by atoms with Crippen LogP contribution in [0.2, 0.25) is 0 Å². The van der Waals surface area contributed by atoms with Crippen molar-refractivity contribution in [3.05, 3.63) is 0 Å². The van der Waals surface area contributed by atoms with Crippen LogP contribution in [0, 0.1) is 23.7 Å². The maximum Gasteiger partial charge on any atom is 0.134 e. The lowest BCUT2D eigenvalue weighted by Crippen LogP contribution is -2.32. The smallest absolute Gasteiger partial charge is 0.134 e. The molecule has 0 heterocycles. The van der Waals surface area contributed by atoms with Crippen LogP contribution >= 0.6 is 0 Å². The molecule has 0 saturated heterocycles. The molecule has 0 N–H and O–H groups in total. The van der Waals surface area contributed by atoms with Crippen LogP contribution in [0.5, 0.6) is 0 Å². The Bertz CT molecular complexity index is 178. The van der Waals surface area contributed by atoms with Crippen molar-refractivity contribution in [3.63, 3.8) is 0 Å². The molecule has 0 bridgehead atoms. The van der Waals surface area contributed by atoms with Gasteiger partial charge in [0.05, 0.1) is 0 Å². The van der Waals surface area contributed by atoms with E-state index >= 15 is 0 Å². The van der Waals surface area contributed by atoms with Crippen molar-refractivity contribution < 1.29 is 8.78 Å². The molecule has 0 saturated carbocycles. The Morgan fingerprint density at radius 2 is 1.17 bits per heavy atom. The summed E-state index contributed by atoms with van der Waals surface area (Å²) < 4.78 is 27.4. The summed E-state index contributed by atoms with van der Waals surface area (Å²) in [5.74, 6) is 0.485. The highest BCUT2D eigenvalue weighted by atomic mass is 19.2. The first kappa shape index (κ1) is 20.2. The summed E-state index contributed by atoms with van der Waals surface area (Å²) in [6.07, 6.45) is -0.556. The van der Waals surface area contributed by atoms with E-state index in [1.54, 1.807) is 13.8 Å². The third-order valence-corrected chi connectivity index (χ3v) is 3.54. The van der Waals surface area contributed by atoms with Crippen LogP contribution in [0.4, 0.5) is 8.78 Å². The quantitative estimate of drug-likeness (QED) is 0.525. The van der Waals surface area contributed by atoms with Gasteiger partial charge in [0.25, 0.3) is 0 Å². The summed E-state index contributed by atoms with van der Waals surface area (Å²) in [6, 6.07) is 0. The van der Waals surface area contributed by atoms with Gasteiger partial charge in [0, 0.05) is 0 Å². The van der Waals surface area contributed by atoms with E-state index in [0.29, 0.717) is 5.92 Å². The molecule has 4 atom stereocenters. The van der Waals surface area contributed by atoms with Crippen molar-refractivity contribution in [1.29, 1.82) is 0 Å². The van der Waals surface area contributed by atoms with Gasteiger partial charge in [-0.2, -0.15) is 0 Å². The summed E-state index contributed by atoms with van der Waals surface area (Å²) >= 11 is 0. The monoisotopic (exact) mass is 264 g/mol. The van der Waals surface area contributed by atoms with Gasteiger partial charge < -0.3 is 0 Å². The van der Waals surface area contributed by atoms with Crippen molar-refractivity contribution >= 4 is 0 Å². The van der Waals surface area contributed by atoms with Gasteiger partial charge in [0.2, 0.25) is 0 Å². The SMILES string of the molecule is CC.CC(C)CCC(C)C(C)C(F)C(F)C(C)C. The Hall–Kier alpha value is -0.140. The summed E-state index contributed by atoms with van der Waals surface area (Å²) in [5, 5.41) is 0. The topological polar surface area (TPSA) is 0 Å². The van der Waals surface area contributed by atoms with Gasteiger partial charge in [0.1, 0.15) is 12.3 Å². The summed E-state index contributed by atoms with van der Waals surface area (Å²) in [6.45, 7) is 15.7. The molecule has 0 rings (SSSR count). The van der Waals surface area contributed by atoms with Gasteiger partial charge in [-0.05, 0) is 23.7 Å². The summed E-state index contributed by atoms with van der Waals surface area (Å²) in [4.78, 5) is 0. The van der Waals surface area contributed by atoms with Gasteiger partial charge in [-0.15, -0.1) is 0 Å². The summed E-state index contributed by atoms with van der Waals surface area (Å²) in [7, 11) is 0. The Kier molecular flexibility index (Phi) is 12.1. The fourth-order valence-electron chi connectivity index (χ4n) is 1.83. The Balaban J connectivity index is 0. The standard InChI is InChI=1S/C14H28F2.C2H6/c1-9(2)7-8-11(5)12(6)14(16)13(15)10(3)4;1-2/h9-14H,7-8H2,1-6H3;1-2H3. The van der Waals surface area contributed by atoms with E-state index in [4.69, 9.17) is 0 Å². The molecular weight excluding hydrogens is 230 g/mol. The fraction of sp³-hybridized carbons (Fsp3) is 1.00. The third kappa shape index (κ3) is 8.05. The second-order valence-electron chi connectivity index (χ2n) is 5.94. The van der Waals surface area contributed by atoms with E-state index in [1.807, 2.05) is 27.7 Å². The highest BCUT2D eigenvalue weighted by Gasteiger charge is 2.31.